The van der Waals surface area contributed by atoms with E-state index in [4.69, 9.17) is 4.74 Å². The minimum Gasteiger partial charge on any atom is -0.389 e. The fraction of sp³-hybridized carbons (Fsp3) is 1.00. The van der Waals surface area contributed by atoms with Gasteiger partial charge in [0.25, 0.3) is 0 Å². The maximum Gasteiger partial charge on any atom is 0.0897 e. The van der Waals surface area contributed by atoms with Gasteiger partial charge in [-0.1, -0.05) is 6.92 Å². The van der Waals surface area contributed by atoms with Crippen LogP contribution < -0.4 is 5.32 Å². The van der Waals surface area contributed by atoms with Crippen molar-refractivity contribution >= 4 is 0 Å². The lowest BCUT2D eigenvalue weighted by Crippen LogP contribution is -2.40. The minimum absolute atomic E-state index is 0.324. The summed E-state index contributed by atoms with van der Waals surface area (Å²) in [5.74, 6) is 0.822. The molecule has 0 aliphatic heterocycles. The van der Waals surface area contributed by atoms with Gasteiger partial charge in [0.05, 0.1) is 24.4 Å². The number of aliphatic hydroxyl groups excluding tert-OH is 1. The van der Waals surface area contributed by atoms with Crippen molar-refractivity contribution in [3.63, 3.8) is 0 Å². The molecule has 0 aromatic heterocycles. The molecule has 0 saturated heterocycles. The third kappa shape index (κ3) is 7.31. The Morgan fingerprint density at radius 3 is 2.44 bits per heavy atom. The molecule has 0 aromatic carbocycles. The van der Waals surface area contributed by atoms with E-state index < -0.39 is 11.7 Å². The van der Waals surface area contributed by atoms with Crippen LogP contribution in [0, 0.1) is 5.92 Å². The van der Waals surface area contributed by atoms with E-state index in [0.29, 0.717) is 25.8 Å². The maximum absolute atomic E-state index is 9.76. The Morgan fingerprint density at radius 2 is 1.89 bits per heavy atom. The van der Waals surface area contributed by atoms with Crippen LogP contribution in [0.3, 0.4) is 0 Å². The van der Waals surface area contributed by atoms with E-state index in [1.165, 1.54) is 12.8 Å². The summed E-state index contributed by atoms with van der Waals surface area (Å²) in [6.45, 7) is 7.10. The largest absolute Gasteiger partial charge is 0.389 e. The second kappa shape index (κ2) is 7.43. The van der Waals surface area contributed by atoms with Crippen LogP contribution in [0.2, 0.25) is 0 Å². The summed E-state index contributed by atoms with van der Waals surface area (Å²) in [5, 5.41) is 22.3. The van der Waals surface area contributed by atoms with Crippen molar-refractivity contribution in [1.29, 1.82) is 0 Å². The van der Waals surface area contributed by atoms with Crippen LogP contribution in [0.25, 0.3) is 0 Å². The molecule has 0 radical (unpaired) electrons. The molecule has 3 N–H and O–H groups in total. The average molecular weight is 259 g/mol. The zero-order valence-electron chi connectivity index (χ0n) is 12.0. The third-order valence-electron chi connectivity index (χ3n) is 3.42. The predicted molar refractivity (Wildman–Crippen MR) is 72.5 cm³/mol. The molecule has 1 atom stereocenters. The number of hydrogen-bond donors (Lipinski definition) is 3. The van der Waals surface area contributed by atoms with Crippen LogP contribution >= 0.6 is 0 Å². The quantitative estimate of drug-likeness (QED) is 0.645. The van der Waals surface area contributed by atoms with Crippen LogP contribution in [0.5, 0.6) is 0 Å². The fourth-order valence-corrected chi connectivity index (χ4v) is 2.25. The SMILES string of the molecule is CC1CCC(OCC(O)CNCC(C)(C)O)CC1. The molecule has 1 aliphatic rings. The molecule has 0 bridgehead atoms. The van der Waals surface area contributed by atoms with Crippen molar-refractivity contribution in [2.45, 2.75) is 64.3 Å². The average Bonchev–Trinajstić information content (AvgIpc) is 2.26. The molecule has 4 nitrogen and oxygen atoms in total. The van der Waals surface area contributed by atoms with Crippen molar-refractivity contribution in [1.82, 2.24) is 5.32 Å². The van der Waals surface area contributed by atoms with Gasteiger partial charge in [0.1, 0.15) is 0 Å². The molecule has 18 heavy (non-hydrogen) atoms. The Balaban J connectivity index is 2.04. The van der Waals surface area contributed by atoms with E-state index in [9.17, 15) is 10.2 Å². The van der Waals surface area contributed by atoms with Crippen molar-refractivity contribution in [2.75, 3.05) is 19.7 Å². The molecular weight excluding hydrogens is 230 g/mol. The predicted octanol–water partition coefficient (Wildman–Crippen LogP) is 1.30. The summed E-state index contributed by atoms with van der Waals surface area (Å²) in [4.78, 5) is 0. The van der Waals surface area contributed by atoms with Crippen LogP contribution in [-0.2, 0) is 4.74 Å². The normalized spacial score (nSPS) is 27.2. The number of ether oxygens (including phenoxy) is 1. The Labute approximate surface area is 111 Å². The summed E-state index contributed by atoms with van der Waals surface area (Å²) in [6.07, 6.45) is 4.53. The van der Waals surface area contributed by atoms with Crippen molar-refractivity contribution in [3.8, 4) is 0 Å². The maximum atomic E-state index is 9.76. The molecule has 108 valence electrons. The molecule has 0 aromatic rings. The van der Waals surface area contributed by atoms with Gasteiger partial charge < -0.3 is 20.3 Å². The highest BCUT2D eigenvalue weighted by molar-refractivity contribution is 4.72. The standard InChI is InChI=1S/C14H29NO3/c1-11-4-6-13(7-5-11)18-9-12(16)8-15-10-14(2,3)17/h11-13,15-17H,4-10H2,1-3H3. The second-order valence-electron chi connectivity index (χ2n) is 6.31. The summed E-state index contributed by atoms with van der Waals surface area (Å²) in [6, 6.07) is 0. The van der Waals surface area contributed by atoms with Gasteiger partial charge in [0.15, 0.2) is 0 Å². The lowest BCUT2D eigenvalue weighted by atomic mass is 9.89. The molecule has 1 saturated carbocycles. The van der Waals surface area contributed by atoms with E-state index in [1.54, 1.807) is 13.8 Å². The van der Waals surface area contributed by atoms with Crippen molar-refractivity contribution < 1.29 is 14.9 Å². The van der Waals surface area contributed by atoms with Crippen molar-refractivity contribution in [3.05, 3.63) is 0 Å². The van der Waals surface area contributed by atoms with Gasteiger partial charge in [0.2, 0.25) is 0 Å². The highest BCUT2D eigenvalue weighted by atomic mass is 16.5. The molecule has 1 aliphatic carbocycles. The van der Waals surface area contributed by atoms with Gasteiger partial charge in [-0.25, -0.2) is 0 Å². The zero-order chi connectivity index (χ0) is 13.6. The molecule has 1 fully saturated rings. The molecular formula is C14H29NO3. The molecule has 0 spiro atoms. The number of rotatable bonds is 7. The van der Waals surface area contributed by atoms with Crippen LogP contribution in [0.15, 0.2) is 0 Å². The first kappa shape index (κ1) is 15.9. The molecule has 1 unspecified atom stereocenters. The second-order valence-corrected chi connectivity index (χ2v) is 6.31. The van der Waals surface area contributed by atoms with E-state index in [-0.39, 0.29) is 0 Å². The highest BCUT2D eigenvalue weighted by Gasteiger charge is 2.19. The number of hydrogen-bond acceptors (Lipinski definition) is 4. The monoisotopic (exact) mass is 259 g/mol. The number of aliphatic hydroxyl groups is 2. The van der Waals surface area contributed by atoms with Crippen molar-refractivity contribution in [2.24, 2.45) is 5.92 Å². The first-order valence-corrected chi connectivity index (χ1v) is 7.09. The lowest BCUT2D eigenvalue weighted by molar-refractivity contribution is -0.0291. The third-order valence-corrected chi connectivity index (χ3v) is 3.42. The molecule has 4 heteroatoms. The van der Waals surface area contributed by atoms with Gasteiger partial charge in [-0.05, 0) is 45.4 Å². The first-order valence-electron chi connectivity index (χ1n) is 7.09. The first-order chi connectivity index (χ1) is 8.37. The van der Waals surface area contributed by atoms with Gasteiger partial charge in [-0.3, -0.25) is 0 Å². The van der Waals surface area contributed by atoms with Gasteiger partial charge in [-0.2, -0.15) is 0 Å². The zero-order valence-corrected chi connectivity index (χ0v) is 12.0. The highest BCUT2D eigenvalue weighted by Crippen LogP contribution is 2.25. The Morgan fingerprint density at radius 1 is 1.28 bits per heavy atom. The minimum atomic E-state index is -0.736. The van der Waals surface area contributed by atoms with Crippen LogP contribution in [-0.4, -0.2) is 47.7 Å². The van der Waals surface area contributed by atoms with Gasteiger partial charge in [0, 0.05) is 13.1 Å². The summed E-state index contributed by atoms with van der Waals surface area (Å²) in [7, 11) is 0. The number of nitrogens with one attached hydrogen (secondary N) is 1. The molecule has 1 rings (SSSR count). The Bertz CT molecular complexity index is 220. The van der Waals surface area contributed by atoms with Gasteiger partial charge >= 0.3 is 0 Å². The molecule has 0 heterocycles. The van der Waals surface area contributed by atoms with E-state index in [1.807, 2.05) is 0 Å². The topological polar surface area (TPSA) is 61.7 Å². The summed E-state index contributed by atoms with van der Waals surface area (Å²) < 4.78 is 5.72. The lowest BCUT2D eigenvalue weighted by Gasteiger charge is -2.27. The fourth-order valence-electron chi connectivity index (χ4n) is 2.25. The Kier molecular flexibility index (Phi) is 6.57. The Hall–Kier alpha value is -0.160. The van der Waals surface area contributed by atoms with Gasteiger partial charge in [-0.15, -0.1) is 0 Å². The summed E-state index contributed by atoms with van der Waals surface area (Å²) in [5.41, 5.74) is -0.736. The van der Waals surface area contributed by atoms with E-state index in [0.717, 1.165) is 18.8 Å². The van der Waals surface area contributed by atoms with E-state index >= 15 is 0 Å². The van der Waals surface area contributed by atoms with E-state index in [2.05, 4.69) is 12.2 Å². The molecule has 0 amide bonds. The smallest absolute Gasteiger partial charge is 0.0897 e. The van der Waals surface area contributed by atoms with Crippen LogP contribution in [0.4, 0.5) is 0 Å². The van der Waals surface area contributed by atoms with Crippen LogP contribution in [0.1, 0.15) is 46.5 Å². The summed E-state index contributed by atoms with van der Waals surface area (Å²) >= 11 is 0.